The molecule has 1 aromatic heterocycles. The van der Waals surface area contributed by atoms with Gasteiger partial charge >= 0.3 is 0 Å². The quantitative estimate of drug-likeness (QED) is 0.352. The summed E-state index contributed by atoms with van der Waals surface area (Å²) in [5.74, 6) is 1.55. The van der Waals surface area contributed by atoms with Gasteiger partial charge in [0.2, 0.25) is 5.91 Å². The van der Waals surface area contributed by atoms with Crippen LogP contribution in [0.25, 0.3) is 0 Å². The molecule has 0 aliphatic heterocycles. The van der Waals surface area contributed by atoms with Crippen molar-refractivity contribution in [3.05, 3.63) is 64.4 Å². The fraction of sp³-hybridized carbons (Fsp3) is 0.400. The summed E-state index contributed by atoms with van der Waals surface area (Å²) in [6, 6.07) is 13.8. The standard InChI is InChI=1S/C25H29ClN4O2S/c1-3-20(4-2)30-23(15-32-22-11-6-5-10-21(22)26)28-29-25(30)33-16-24(31)27-19-13-12-17-8-7-9-18(17)14-19/h5-6,10-14,20H,3-4,7-9,15-16H2,1-2H3,(H,27,31). The van der Waals surface area contributed by atoms with Crippen LogP contribution in [0.5, 0.6) is 5.75 Å². The first-order chi connectivity index (χ1) is 16.1. The molecule has 1 amide bonds. The molecule has 1 aliphatic rings. The third kappa shape index (κ3) is 5.71. The number of carbonyl (C=O) groups excluding carboxylic acids is 1. The minimum absolute atomic E-state index is 0.0501. The Hall–Kier alpha value is -2.51. The lowest BCUT2D eigenvalue weighted by molar-refractivity contribution is -0.113. The molecule has 8 heteroatoms. The Kier molecular flexibility index (Phi) is 7.93. The average molecular weight is 485 g/mol. The SMILES string of the molecule is CCC(CC)n1c(COc2ccccc2Cl)nnc1SCC(=O)Nc1ccc2c(c1)CCC2. The van der Waals surface area contributed by atoms with Crippen LogP contribution < -0.4 is 10.1 Å². The summed E-state index contributed by atoms with van der Waals surface area (Å²) in [5, 5.41) is 13.1. The van der Waals surface area contributed by atoms with E-state index >= 15 is 0 Å². The summed E-state index contributed by atoms with van der Waals surface area (Å²) in [4.78, 5) is 12.6. The first-order valence-corrected chi connectivity index (χ1v) is 12.8. The van der Waals surface area contributed by atoms with Crippen LogP contribution in [-0.4, -0.2) is 26.4 Å². The van der Waals surface area contributed by atoms with Crippen LogP contribution in [0.15, 0.2) is 47.6 Å². The molecule has 1 heterocycles. The fourth-order valence-electron chi connectivity index (χ4n) is 4.21. The largest absolute Gasteiger partial charge is 0.484 e. The summed E-state index contributed by atoms with van der Waals surface area (Å²) >= 11 is 7.62. The Labute approximate surface area is 204 Å². The molecule has 6 nitrogen and oxygen atoms in total. The summed E-state index contributed by atoms with van der Waals surface area (Å²) in [7, 11) is 0. The number of hydrogen-bond donors (Lipinski definition) is 1. The molecule has 33 heavy (non-hydrogen) atoms. The molecule has 4 rings (SSSR count). The van der Waals surface area contributed by atoms with E-state index in [9.17, 15) is 4.79 Å². The van der Waals surface area contributed by atoms with E-state index in [1.165, 1.54) is 29.3 Å². The molecule has 174 valence electrons. The summed E-state index contributed by atoms with van der Waals surface area (Å²) in [5.41, 5.74) is 3.60. The summed E-state index contributed by atoms with van der Waals surface area (Å²) in [6.45, 7) is 4.54. The molecular formula is C25H29ClN4O2S. The molecule has 0 spiro atoms. The lowest BCUT2D eigenvalue weighted by Gasteiger charge is -2.19. The number of amides is 1. The Bertz CT molecular complexity index is 1110. The number of nitrogens with zero attached hydrogens (tertiary/aromatic N) is 3. The number of halogens is 1. The van der Waals surface area contributed by atoms with Gasteiger partial charge in [-0.2, -0.15) is 0 Å². The first kappa shape index (κ1) is 23.6. The lowest BCUT2D eigenvalue weighted by Crippen LogP contribution is -2.17. The molecule has 0 saturated carbocycles. The highest BCUT2D eigenvalue weighted by Gasteiger charge is 2.21. The molecule has 0 bridgehead atoms. The van der Waals surface area contributed by atoms with E-state index in [1.54, 1.807) is 6.07 Å². The van der Waals surface area contributed by atoms with Crippen LogP contribution in [0.1, 0.15) is 56.1 Å². The molecule has 0 unspecified atom stereocenters. The third-order valence-electron chi connectivity index (χ3n) is 5.95. The van der Waals surface area contributed by atoms with E-state index in [0.29, 0.717) is 10.8 Å². The topological polar surface area (TPSA) is 69.0 Å². The van der Waals surface area contributed by atoms with E-state index in [1.807, 2.05) is 24.3 Å². The number of benzene rings is 2. The van der Waals surface area contributed by atoms with Crippen LogP contribution in [0.2, 0.25) is 5.02 Å². The number of carbonyl (C=O) groups is 1. The second-order valence-electron chi connectivity index (χ2n) is 8.13. The van der Waals surface area contributed by atoms with Crippen LogP contribution in [0, 0.1) is 0 Å². The van der Waals surface area contributed by atoms with E-state index in [0.717, 1.165) is 42.4 Å². The second-order valence-corrected chi connectivity index (χ2v) is 9.48. The number of hydrogen-bond acceptors (Lipinski definition) is 5. The lowest BCUT2D eigenvalue weighted by atomic mass is 10.1. The second kappa shape index (κ2) is 11.1. The van der Waals surface area contributed by atoms with Gasteiger partial charge in [-0.25, -0.2) is 0 Å². The highest BCUT2D eigenvalue weighted by Crippen LogP contribution is 2.29. The molecular weight excluding hydrogens is 456 g/mol. The Morgan fingerprint density at radius 2 is 1.94 bits per heavy atom. The Balaban J connectivity index is 1.43. The molecule has 1 N–H and O–H groups in total. The number of anilines is 1. The normalized spacial score (nSPS) is 12.7. The maximum Gasteiger partial charge on any atom is 0.234 e. The van der Waals surface area contributed by atoms with Gasteiger partial charge in [-0.05, 0) is 67.5 Å². The van der Waals surface area contributed by atoms with Gasteiger partial charge in [0.15, 0.2) is 11.0 Å². The van der Waals surface area contributed by atoms with Gasteiger partial charge in [-0.3, -0.25) is 4.79 Å². The van der Waals surface area contributed by atoms with Gasteiger partial charge in [0.25, 0.3) is 0 Å². The van der Waals surface area contributed by atoms with Crippen molar-refractivity contribution in [1.29, 1.82) is 0 Å². The molecule has 0 radical (unpaired) electrons. The number of fused-ring (bicyclic) bond motifs is 1. The van der Waals surface area contributed by atoms with Gasteiger partial charge < -0.3 is 14.6 Å². The van der Waals surface area contributed by atoms with Crippen molar-refractivity contribution in [2.75, 3.05) is 11.1 Å². The van der Waals surface area contributed by atoms with Crippen molar-refractivity contribution in [2.24, 2.45) is 0 Å². The van der Waals surface area contributed by atoms with Crippen molar-refractivity contribution >= 4 is 35.0 Å². The molecule has 2 aromatic carbocycles. The van der Waals surface area contributed by atoms with E-state index in [2.05, 4.69) is 46.1 Å². The maximum absolute atomic E-state index is 12.6. The van der Waals surface area contributed by atoms with Gasteiger partial charge in [0.1, 0.15) is 12.4 Å². The summed E-state index contributed by atoms with van der Waals surface area (Å²) in [6.07, 6.45) is 5.28. The monoisotopic (exact) mass is 484 g/mol. The smallest absolute Gasteiger partial charge is 0.234 e. The first-order valence-electron chi connectivity index (χ1n) is 11.4. The highest BCUT2D eigenvalue weighted by molar-refractivity contribution is 7.99. The highest BCUT2D eigenvalue weighted by atomic mass is 35.5. The molecule has 0 fully saturated rings. The van der Waals surface area contributed by atoms with E-state index in [4.69, 9.17) is 16.3 Å². The molecule has 0 saturated heterocycles. The van der Waals surface area contributed by atoms with Gasteiger partial charge in [-0.15, -0.1) is 10.2 Å². The Morgan fingerprint density at radius 1 is 1.15 bits per heavy atom. The number of para-hydroxylation sites is 1. The zero-order chi connectivity index (χ0) is 23.2. The minimum atomic E-state index is -0.0501. The molecule has 1 aliphatic carbocycles. The number of aromatic nitrogens is 3. The maximum atomic E-state index is 12.6. The van der Waals surface area contributed by atoms with Gasteiger partial charge in [-0.1, -0.05) is 55.4 Å². The third-order valence-corrected chi connectivity index (χ3v) is 7.21. The van der Waals surface area contributed by atoms with Crippen LogP contribution in [0.3, 0.4) is 0 Å². The zero-order valence-corrected chi connectivity index (χ0v) is 20.6. The van der Waals surface area contributed by atoms with Crippen LogP contribution >= 0.6 is 23.4 Å². The molecule has 0 atom stereocenters. The zero-order valence-electron chi connectivity index (χ0n) is 19.0. The Morgan fingerprint density at radius 3 is 2.73 bits per heavy atom. The number of thioether (sulfide) groups is 1. The predicted molar refractivity (Wildman–Crippen MR) is 133 cm³/mol. The predicted octanol–water partition coefficient (Wildman–Crippen LogP) is 6.09. The van der Waals surface area contributed by atoms with Crippen molar-refractivity contribution < 1.29 is 9.53 Å². The van der Waals surface area contributed by atoms with Crippen LogP contribution in [0.4, 0.5) is 5.69 Å². The number of nitrogens with one attached hydrogen (secondary N) is 1. The van der Waals surface area contributed by atoms with Crippen molar-refractivity contribution in [3.63, 3.8) is 0 Å². The van der Waals surface area contributed by atoms with Crippen molar-refractivity contribution in [3.8, 4) is 5.75 Å². The van der Waals surface area contributed by atoms with Gasteiger partial charge in [0, 0.05) is 11.7 Å². The minimum Gasteiger partial charge on any atom is -0.484 e. The van der Waals surface area contributed by atoms with Crippen LogP contribution in [-0.2, 0) is 24.2 Å². The summed E-state index contributed by atoms with van der Waals surface area (Å²) < 4.78 is 8.01. The molecule has 3 aromatic rings. The van der Waals surface area contributed by atoms with Crippen molar-refractivity contribution in [2.45, 2.75) is 63.8 Å². The number of ether oxygens (including phenoxy) is 1. The fourth-order valence-corrected chi connectivity index (χ4v) is 5.22. The number of aryl methyl sites for hydroxylation is 2. The van der Waals surface area contributed by atoms with Crippen molar-refractivity contribution in [1.82, 2.24) is 14.8 Å². The van der Waals surface area contributed by atoms with E-state index < -0.39 is 0 Å². The number of rotatable bonds is 10. The van der Waals surface area contributed by atoms with E-state index in [-0.39, 0.29) is 24.3 Å². The van der Waals surface area contributed by atoms with Gasteiger partial charge in [0.05, 0.1) is 10.8 Å². The average Bonchev–Trinajstić information content (AvgIpc) is 3.45.